The lowest BCUT2D eigenvalue weighted by molar-refractivity contribution is -0.361. The summed E-state index contributed by atoms with van der Waals surface area (Å²) in [5.74, 6) is -13.7. The van der Waals surface area contributed by atoms with Crippen molar-refractivity contribution >= 4 is 74.8 Å². The van der Waals surface area contributed by atoms with E-state index in [9.17, 15) is 30.7 Å². The van der Waals surface area contributed by atoms with Gasteiger partial charge in [0.1, 0.15) is 5.52 Å². The number of aromatic amines is 1. The number of aromatic nitrogens is 2. The number of imidazole rings is 1. The number of alkyl halides is 7. The highest BCUT2D eigenvalue weighted by Gasteiger charge is 2.75. The van der Waals surface area contributed by atoms with Crippen molar-refractivity contribution in [1.82, 2.24) is 9.97 Å². The molecule has 0 saturated heterocycles. The number of halogens is 11. The van der Waals surface area contributed by atoms with Crippen LogP contribution >= 0.6 is 63.7 Å². The molecular weight excluding hydrogens is 601 g/mol. The number of nitrogens with one attached hydrogen (secondary N) is 1. The average molecular weight is 602 g/mol. The fourth-order valence-electron chi connectivity index (χ4n) is 1.57. The van der Waals surface area contributed by atoms with Gasteiger partial charge in [-0.15, -0.1) is 0 Å². The maximum atomic E-state index is 13.7. The third-order valence-electron chi connectivity index (χ3n) is 2.76. The van der Waals surface area contributed by atoms with Crippen LogP contribution < -0.4 is 0 Å². The molecule has 0 fully saturated rings. The van der Waals surface area contributed by atoms with E-state index in [-0.39, 0.29) is 20.0 Å². The van der Waals surface area contributed by atoms with Crippen molar-refractivity contribution in [3.63, 3.8) is 0 Å². The molecule has 2 nitrogen and oxygen atoms in total. The maximum absolute atomic E-state index is 13.7. The normalized spacial score (nSPS) is 13.9. The minimum absolute atomic E-state index is 0.0937. The second-order valence-electron chi connectivity index (χ2n) is 4.21. The summed E-state index contributed by atoms with van der Waals surface area (Å²) in [5, 5.41) is 0. The van der Waals surface area contributed by atoms with E-state index in [2.05, 4.69) is 68.7 Å². The molecule has 0 amide bonds. The summed E-state index contributed by atoms with van der Waals surface area (Å²) < 4.78 is 91.2. The lowest BCUT2D eigenvalue weighted by Gasteiger charge is -2.26. The van der Waals surface area contributed by atoms with Crippen molar-refractivity contribution in [2.24, 2.45) is 0 Å². The van der Waals surface area contributed by atoms with Crippen LogP contribution in [-0.2, 0) is 5.92 Å². The van der Waals surface area contributed by atoms with Crippen molar-refractivity contribution in [3.8, 4) is 0 Å². The molecule has 0 unspecified atom stereocenters. The van der Waals surface area contributed by atoms with Gasteiger partial charge in [0.25, 0.3) is 0 Å². The Morgan fingerprint density at radius 1 is 0.739 bits per heavy atom. The van der Waals surface area contributed by atoms with Crippen LogP contribution in [-0.4, -0.2) is 22.1 Å². The molecule has 128 valence electrons. The SMILES string of the molecule is FC(F)(F)C(F)(F)C(F)(F)c1nc2c(Br)c(Br)c(Br)c(Br)c2[nH]1. The highest BCUT2D eigenvalue weighted by atomic mass is 79.9. The van der Waals surface area contributed by atoms with Gasteiger partial charge in [-0.25, -0.2) is 4.98 Å². The zero-order valence-corrected chi connectivity index (χ0v) is 16.4. The van der Waals surface area contributed by atoms with E-state index >= 15 is 0 Å². The molecule has 0 radical (unpaired) electrons. The Balaban J connectivity index is 2.76. The van der Waals surface area contributed by atoms with Crippen LogP contribution in [0.4, 0.5) is 30.7 Å². The first-order valence-electron chi connectivity index (χ1n) is 5.28. The first-order chi connectivity index (χ1) is 10.2. The predicted octanol–water partition coefficient (Wildman–Crippen LogP) is 6.90. The van der Waals surface area contributed by atoms with Crippen LogP contribution in [0.2, 0.25) is 0 Å². The number of rotatable bonds is 2. The van der Waals surface area contributed by atoms with Crippen LogP contribution in [0.5, 0.6) is 0 Å². The van der Waals surface area contributed by atoms with E-state index in [1.807, 2.05) is 4.98 Å². The molecule has 0 aliphatic heterocycles. The zero-order valence-electron chi connectivity index (χ0n) is 10.1. The summed E-state index contributed by atoms with van der Waals surface area (Å²) in [7, 11) is 0. The first kappa shape index (κ1) is 19.4. The lowest BCUT2D eigenvalue weighted by Crippen LogP contribution is -2.50. The largest absolute Gasteiger partial charge is 0.460 e. The van der Waals surface area contributed by atoms with Gasteiger partial charge in [0.2, 0.25) is 0 Å². The smallest absolute Gasteiger partial charge is 0.336 e. The number of fused-ring (bicyclic) bond motifs is 1. The van der Waals surface area contributed by atoms with Crippen molar-refractivity contribution in [2.75, 3.05) is 0 Å². The topological polar surface area (TPSA) is 28.7 Å². The summed E-state index contributed by atoms with van der Waals surface area (Å²) in [6, 6.07) is 0. The quantitative estimate of drug-likeness (QED) is 0.227. The Morgan fingerprint density at radius 2 is 1.22 bits per heavy atom. The highest BCUT2D eigenvalue weighted by molar-refractivity contribution is 9.15. The van der Waals surface area contributed by atoms with E-state index in [0.717, 1.165) is 0 Å². The predicted molar refractivity (Wildman–Crippen MR) is 81.8 cm³/mol. The fraction of sp³-hybridized carbons (Fsp3) is 0.300. The molecule has 1 aromatic carbocycles. The van der Waals surface area contributed by atoms with Gasteiger partial charge in [-0.2, -0.15) is 30.7 Å². The number of nitrogens with zero attached hydrogens (tertiary/aromatic N) is 1. The lowest BCUT2D eigenvalue weighted by atomic mass is 10.1. The summed E-state index contributed by atoms with van der Waals surface area (Å²) >= 11 is 12.2. The Bertz CT molecular complexity index is 739. The molecule has 0 aliphatic rings. The Kier molecular flexibility index (Phi) is 4.93. The van der Waals surface area contributed by atoms with Gasteiger partial charge in [-0.05, 0) is 63.7 Å². The number of hydrogen-bond acceptors (Lipinski definition) is 1. The summed E-state index contributed by atoms with van der Waals surface area (Å²) in [5.41, 5.74) is -0.431. The summed E-state index contributed by atoms with van der Waals surface area (Å²) in [6.07, 6.45) is -6.44. The minimum Gasteiger partial charge on any atom is -0.336 e. The van der Waals surface area contributed by atoms with Gasteiger partial charge < -0.3 is 4.98 Å². The molecular formula is C10HBr4F7N2. The minimum atomic E-state index is -6.44. The molecule has 1 heterocycles. The number of hydrogen-bond donors (Lipinski definition) is 1. The summed E-state index contributed by atoms with van der Waals surface area (Å²) in [6.45, 7) is 0. The van der Waals surface area contributed by atoms with Gasteiger partial charge in [0, 0.05) is 8.95 Å². The molecule has 2 aromatic rings. The fourth-order valence-corrected chi connectivity index (χ4v) is 3.86. The van der Waals surface area contributed by atoms with Crippen LogP contribution in [0, 0.1) is 0 Å². The molecule has 1 N–H and O–H groups in total. The van der Waals surface area contributed by atoms with Crippen LogP contribution in [0.1, 0.15) is 5.82 Å². The third kappa shape index (κ3) is 2.84. The maximum Gasteiger partial charge on any atom is 0.460 e. The van der Waals surface area contributed by atoms with Crippen LogP contribution in [0.25, 0.3) is 11.0 Å². The van der Waals surface area contributed by atoms with E-state index in [0.29, 0.717) is 8.95 Å². The molecule has 0 bridgehead atoms. The van der Waals surface area contributed by atoms with E-state index in [1.165, 1.54) is 0 Å². The van der Waals surface area contributed by atoms with Gasteiger partial charge in [-0.3, -0.25) is 0 Å². The van der Waals surface area contributed by atoms with Crippen LogP contribution in [0.3, 0.4) is 0 Å². The van der Waals surface area contributed by atoms with Crippen molar-refractivity contribution in [2.45, 2.75) is 18.0 Å². The van der Waals surface area contributed by atoms with E-state index in [4.69, 9.17) is 0 Å². The molecule has 0 spiro atoms. The molecule has 13 heteroatoms. The van der Waals surface area contributed by atoms with Crippen LogP contribution in [0.15, 0.2) is 17.9 Å². The third-order valence-corrected chi connectivity index (χ3v) is 7.50. The van der Waals surface area contributed by atoms with Crippen molar-refractivity contribution < 1.29 is 30.7 Å². The van der Waals surface area contributed by atoms with Gasteiger partial charge in [-0.1, -0.05) is 0 Å². The monoisotopic (exact) mass is 598 g/mol. The van der Waals surface area contributed by atoms with E-state index in [1.54, 1.807) is 0 Å². The van der Waals surface area contributed by atoms with Crippen molar-refractivity contribution in [3.05, 3.63) is 23.7 Å². The molecule has 0 saturated carbocycles. The molecule has 1 aromatic heterocycles. The Hall–Kier alpha value is 0.120. The molecule has 2 rings (SSSR count). The summed E-state index contributed by atoms with van der Waals surface area (Å²) in [4.78, 5) is 5.04. The molecule has 23 heavy (non-hydrogen) atoms. The second kappa shape index (κ2) is 5.84. The zero-order chi connectivity index (χ0) is 18.0. The average Bonchev–Trinajstić information content (AvgIpc) is 2.87. The first-order valence-corrected chi connectivity index (χ1v) is 8.45. The molecule has 0 atom stereocenters. The second-order valence-corrected chi connectivity index (χ2v) is 7.38. The number of H-pyrrole nitrogens is 1. The Morgan fingerprint density at radius 3 is 1.70 bits per heavy atom. The number of benzene rings is 1. The highest BCUT2D eigenvalue weighted by Crippen LogP contribution is 2.52. The van der Waals surface area contributed by atoms with E-state index < -0.39 is 23.8 Å². The standard InChI is InChI=1S/C10HBr4F7N2/c11-1-2(12)4(14)6-5(3(1)13)22-7(23-6)8(15,16)9(17,18)10(19,20)21/h(H,22,23). The van der Waals surface area contributed by atoms with Crippen molar-refractivity contribution in [1.29, 1.82) is 0 Å². The Labute approximate surface area is 156 Å². The van der Waals surface area contributed by atoms with Gasteiger partial charge >= 0.3 is 18.0 Å². The van der Waals surface area contributed by atoms with Gasteiger partial charge in [0.05, 0.1) is 14.5 Å². The molecule has 0 aliphatic carbocycles. The van der Waals surface area contributed by atoms with Gasteiger partial charge in [0.15, 0.2) is 5.82 Å².